The summed E-state index contributed by atoms with van der Waals surface area (Å²) < 4.78 is 0. The maximum atomic E-state index is 9.12. The maximum Gasteiger partial charge on any atom is 0.0490 e. The van der Waals surface area contributed by atoms with Gasteiger partial charge < -0.3 is 10.0 Å². The van der Waals surface area contributed by atoms with E-state index in [1.54, 1.807) is 0 Å². The molecule has 0 aromatic heterocycles. The van der Waals surface area contributed by atoms with Gasteiger partial charge in [-0.25, -0.2) is 0 Å². The van der Waals surface area contributed by atoms with Crippen LogP contribution in [0.25, 0.3) is 11.1 Å². The number of aliphatic hydroxyl groups is 1. The lowest BCUT2D eigenvalue weighted by atomic mass is 10.0. The largest absolute Gasteiger partial charge is 0.396 e. The summed E-state index contributed by atoms with van der Waals surface area (Å²) >= 11 is 0. The Balaban J connectivity index is 1.72. The Morgan fingerprint density at radius 2 is 1.13 bits per heavy atom. The summed E-state index contributed by atoms with van der Waals surface area (Å²) in [6.07, 6.45) is 0.695. The maximum absolute atomic E-state index is 9.12. The summed E-state index contributed by atoms with van der Waals surface area (Å²) in [4.78, 5) is 2.32. The summed E-state index contributed by atoms with van der Waals surface area (Å²) in [5, 5.41) is 9.12. The summed E-state index contributed by atoms with van der Waals surface area (Å²) in [6, 6.07) is 32.5. The minimum Gasteiger partial charge on any atom is -0.396 e. The van der Waals surface area contributed by atoms with Gasteiger partial charge >= 0.3 is 0 Å². The van der Waals surface area contributed by atoms with Crippen LogP contribution in [0.2, 0.25) is 0 Å². The van der Waals surface area contributed by atoms with Crippen molar-refractivity contribution in [2.24, 2.45) is 0 Å². The number of benzene rings is 4. The molecule has 0 amide bonds. The number of hydrogen-bond acceptors (Lipinski definition) is 2. The van der Waals surface area contributed by atoms with Crippen molar-refractivity contribution in [1.82, 2.24) is 0 Å². The molecule has 0 heterocycles. The quantitative estimate of drug-likeness (QED) is 0.363. The number of nitrogens with zero attached hydrogens (tertiary/aromatic N) is 1. The Morgan fingerprint density at radius 3 is 1.68 bits per heavy atom. The van der Waals surface area contributed by atoms with Crippen LogP contribution in [0, 0.1) is 20.8 Å². The molecule has 0 unspecified atom stereocenters. The van der Waals surface area contributed by atoms with Gasteiger partial charge in [0.1, 0.15) is 0 Å². The third-order valence-electron chi connectivity index (χ3n) is 5.70. The molecule has 0 aliphatic rings. The minimum atomic E-state index is 0.182. The highest BCUT2D eigenvalue weighted by atomic mass is 16.2. The third-order valence-corrected chi connectivity index (χ3v) is 5.70. The zero-order chi connectivity index (χ0) is 21.8. The molecule has 0 aliphatic heterocycles. The highest BCUT2D eigenvalue weighted by Gasteiger charge is 2.14. The fraction of sp³-hybridized carbons (Fsp3) is 0.172. The van der Waals surface area contributed by atoms with Crippen LogP contribution in [0.4, 0.5) is 17.1 Å². The molecule has 0 saturated heterocycles. The van der Waals surface area contributed by atoms with Crippen molar-refractivity contribution >= 4 is 17.1 Å². The molecule has 2 nitrogen and oxygen atoms in total. The molecule has 0 atom stereocenters. The second-order valence-electron chi connectivity index (χ2n) is 8.18. The molecular formula is C29H29NO. The normalized spacial score (nSPS) is 10.8. The molecule has 0 spiro atoms. The van der Waals surface area contributed by atoms with E-state index in [-0.39, 0.29) is 6.61 Å². The molecule has 0 fully saturated rings. The Kier molecular flexibility index (Phi) is 6.20. The number of aliphatic hydroxyl groups excluding tert-OH is 1. The van der Waals surface area contributed by atoms with E-state index in [1.165, 1.54) is 33.5 Å². The van der Waals surface area contributed by atoms with Crippen LogP contribution in [0.3, 0.4) is 0 Å². The summed E-state index contributed by atoms with van der Waals surface area (Å²) in [7, 11) is 0. The lowest BCUT2D eigenvalue weighted by Gasteiger charge is -2.27. The molecule has 0 radical (unpaired) electrons. The topological polar surface area (TPSA) is 23.5 Å². The van der Waals surface area contributed by atoms with Crippen molar-refractivity contribution in [3.05, 3.63) is 113 Å². The van der Waals surface area contributed by atoms with E-state index >= 15 is 0 Å². The van der Waals surface area contributed by atoms with Crippen molar-refractivity contribution in [1.29, 1.82) is 0 Å². The fourth-order valence-electron chi connectivity index (χ4n) is 3.97. The van der Waals surface area contributed by atoms with Crippen LogP contribution in [0.1, 0.15) is 22.3 Å². The van der Waals surface area contributed by atoms with Crippen molar-refractivity contribution in [3.8, 4) is 11.1 Å². The van der Waals surface area contributed by atoms with E-state index < -0.39 is 0 Å². The Bertz CT molecular complexity index is 1140. The molecule has 0 bridgehead atoms. The van der Waals surface area contributed by atoms with Crippen LogP contribution in [0.15, 0.2) is 91.0 Å². The Morgan fingerprint density at radius 1 is 0.613 bits per heavy atom. The van der Waals surface area contributed by atoms with Gasteiger partial charge in [0, 0.05) is 23.7 Å². The standard InChI is InChI=1S/C29H29NO/c1-21-4-13-27(14-5-21)30(29-17-6-22(2)20-23(29)3)28-15-11-26(12-16-28)25-9-7-24(8-10-25)18-19-31/h4-17,20,31H,18-19H2,1-3H3. The highest BCUT2D eigenvalue weighted by Crippen LogP contribution is 2.37. The van der Waals surface area contributed by atoms with Crippen LogP contribution in [-0.4, -0.2) is 11.7 Å². The summed E-state index contributed by atoms with van der Waals surface area (Å²) in [5.74, 6) is 0. The zero-order valence-corrected chi connectivity index (χ0v) is 18.5. The van der Waals surface area contributed by atoms with E-state index in [2.05, 4.69) is 117 Å². The zero-order valence-electron chi connectivity index (χ0n) is 18.5. The lowest BCUT2D eigenvalue weighted by molar-refractivity contribution is 0.299. The van der Waals surface area contributed by atoms with Gasteiger partial charge in [0.25, 0.3) is 0 Å². The molecular weight excluding hydrogens is 378 g/mol. The smallest absolute Gasteiger partial charge is 0.0490 e. The first kappa shape index (κ1) is 20.9. The lowest BCUT2D eigenvalue weighted by Crippen LogP contribution is -2.11. The second kappa shape index (κ2) is 9.20. The van der Waals surface area contributed by atoms with E-state index in [0.29, 0.717) is 6.42 Å². The SMILES string of the molecule is Cc1ccc(N(c2ccc(-c3ccc(CCO)cc3)cc2)c2ccc(C)cc2C)cc1. The Hall–Kier alpha value is -3.36. The molecule has 4 aromatic rings. The number of rotatable bonds is 6. The molecule has 0 saturated carbocycles. The van der Waals surface area contributed by atoms with Crippen LogP contribution >= 0.6 is 0 Å². The number of anilines is 3. The summed E-state index contributed by atoms with van der Waals surface area (Å²) in [6.45, 7) is 6.60. The van der Waals surface area contributed by atoms with E-state index in [1.807, 2.05) is 0 Å². The van der Waals surface area contributed by atoms with Gasteiger partial charge in [-0.05, 0) is 79.8 Å². The third kappa shape index (κ3) is 4.70. The second-order valence-corrected chi connectivity index (χ2v) is 8.18. The predicted molar refractivity (Wildman–Crippen MR) is 132 cm³/mol. The average molecular weight is 408 g/mol. The van der Waals surface area contributed by atoms with Crippen molar-refractivity contribution in [3.63, 3.8) is 0 Å². The van der Waals surface area contributed by atoms with Gasteiger partial charge in [0.15, 0.2) is 0 Å². The predicted octanol–water partition coefficient (Wildman–Crippen LogP) is 7.28. The van der Waals surface area contributed by atoms with Crippen molar-refractivity contribution in [2.45, 2.75) is 27.2 Å². The summed E-state index contributed by atoms with van der Waals surface area (Å²) in [5.41, 5.74) is 10.8. The number of aryl methyl sites for hydroxylation is 3. The average Bonchev–Trinajstić information content (AvgIpc) is 2.78. The first-order valence-electron chi connectivity index (χ1n) is 10.8. The van der Waals surface area contributed by atoms with E-state index in [9.17, 15) is 0 Å². The van der Waals surface area contributed by atoms with Crippen LogP contribution < -0.4 is 4.90 Å². The first-order valence-corrected chi connectivity index (χ1v) is 10.8. The van der Waals surface area contributed by atoms with Gasteiger partial charge in [-0.3, -0.25) is 0 Å². The Labute approximate surface area is 185 Å². The highest BCUT2D eigenvalue weighted by molar-refractivity contribution is 5.80. The minimum absolute atomic E-state index is 0.182. The number of hydrogen-bond donors (Lipinski definition) is 1. The fourth-order valence-corrected chi connectivity index (χ4v) is 3.97. The van der Waals surface area contributed by atoms with E-state index in [4.69, 9.17) is 5.11 Å². The molecule has 0 aliphatic carbocycles. The van der Waals surface area contributed by atoms with Crippen molar-refractivity contribution < 1.29 is 5.11 Å². The van der Waals surface area contributed by atoms with Crippen molar-refractivity contribution in [2.75, 3.05) is 11.5 Å². The van der Waals surface area contributed by atoms with Gasteiger partial charge in [-0.2, -0.15) is 0 Å². The molecule has 4 rings (SSSR count). The molecule has 1 N–H and O–H groups in total. The van der Waals surface area contributed by atoms with E-state index in [0.717, 1.165) is 16.9 Å². The van der Waals surface area contributed by atoms with Crippen LogP contribution in [-0.2, 0) is 6.42 Å². The van der Waals surface area contributed by atoms with Gasteiger partial charge in [-0.15, -0.1) is 0 Å². The molecule has 2 heteroatoms. The molecule has 156 valence electrons. The molecule has 31 heavy (non-hydrogen) atoms. The van der Waals surface area contributed by atoms with Gasteiger partial charge in [-0.1, -0.05) is 71.8 Å². The monoisotopic (exact) mass is 407 g/mol. The molecule has 4 aromatic carbocycles. The van der Waals surface area contributed by atoms with Gasteiger partial charge in [0.05, 0.1) is 0 Å². The van der Waals surface area contributed by atoms with Gasteiger partial charge in [0.2, 0.25) is 0 Å². The van der Waals surface area contributed by atoms with Crippen LogP contribution in [0.5, 0.6) is 0 Å². The first-order chi connectivity index (χ1) is 15.0.